The average Bonchev–Trinajstić information content (AvgIpc) is 2.16. The highest BCUT2D eigenvalue weighted by atomic mass is 79.9. The first-order chi connectivity index (χ1) is 7.15. The van der Waals surface area contributed by atoms with Crippen LogP contribution in [0.25, 0.3) is 11.1 Å². The molecule has 15 heavy (non-hydrogen) atoms. The molecule has 0 aliphatic rings. The van der Waals surface area contributed by atoms with Gasteiger partial charge in [0.25, 0.3) is 0 Å². The van der Waals surface area contributed by atoms with Crippen molar-refractivity contribution in [3.63, 3.8) is 0 Å². The molecule has 0 saturated heterocycles. The Bertz CT molecular complexity index is 476. The molecule has 2 rings (SSSR count). The standard InChI is InChI=1S/C12H8BrFO/c13-10-3-1-2-8(4-10)9-5-11(14)7-12(15)6-9/h1-7,15H. The van der Waals surface area contributed by atoms with Crippen molar-refractivity contribution in [2.75, 3.05) is 0 Å². The maximum atomic E-state index is 13.0. The normalized spacial score (nSPS) is 10.3. The van der Waals surface area contributed by atoms with Crippen molar-refractivity contribution < 1.29 is 9.50 Å². The Balaban J connectivity index is 2.54. The van der Waals surface area contributed by atoms with Crippen LogP contribution in [-0.4, -0.2) is 5.11 Å². The Kier molecular flexibility index (Phi) is 2.73. The summed E-state index contributed by atoms with van der Waals surface area (Å²) in [5.74, 6) is -0.505. The molecule has 3 heteroatoms. The van der Waals surface area contributed by atoms with Crippen LogP contribution in [0.4, 0.5) is 4.39 Å². The highest BCUT2D eigenvalue weighted by molar-refractivity contribution is 9.10. The minimum Gasteiger partial charge on any atom is -0.508 e. The molecule has 0 fully saturated rings. The Morgan fingerprint density at radius 3 is 2.47 bits per heavy atom. The predicted molar refractivity (Wildman–Crippen MR) is 61.2 cm³/mol. The zero-order valence-corrected chi connectivity index (χ0v) is 9.33. The number of phenols is 1. The monoisotopic (exact) mass is 266 g/mol. The topological polar surface area (TPSA) is 20.2 Å². The van der Waals surface area contributed by atoms with Gasteiger partial charge >= 0.3 is 0 Å². The molecule has 0 bridgehead atoms. The molecule has 0 aliphatic carbocycles. The first-order valence-electron chi connectivity index (χ1n) is 4.40. The number of hydrogen-bond donors (Lipinski definition) is 1. The van der Waals surface area contributed by atoms with Crippen LogP contribution in [0.3, 0.4) is 0 Å². The third-order valence-electron chi connectivity index (χ3n) is 2.04. The second-order valence-corrected chi connectivity index (χ2v) is 4.12. The maximum absolute atomic E-state index is 13.0. The molecule has 2 aromatic rings. The molecule has 0 aliphatic heterocycles. The Hall–Kier alpha value is -1.35. The summed E-state index contributed by atoms with van der Waals surface area (Å²) in [5, 5.41) is 9.27. The first kappa shape index (κ1) is 10.2. The van der Waals surface area contributed by atoms with E-state index in [1.54, 1.807) is 0 Å². The van der Waals surface area contributed by atoms with Crippen LogP contribution in [-0.2, 0) is 0 Å². The van der Waals surface area contributed by atoms with Gasteiger partial charge in [-0.3, -0.25) is 0 Å². The lowest BCUT2D eigenvalue weighted by Gasteiger charge is -2.03. The summed E-state index contributed by atoms with van der Waals surface area (Å²) in [5.41, 5.74) is 1.52. The van der Waals surface area contributed by atoms with E-state index in [0.717, 1.165) is 16.1 Å². The Morgan fingerprint density at radius 2 is 1.80 bits per heavy atom. The number of halogens is 2. The van der Waals surface area contributed by atoms with E-state index in [0.29, 0.717) is 5.56 Å². The SMILES string of the molecule is Oc1cc(F)cc(-c2cccc(Br)c2)c1. The van der Waals surface area contributed by atoms with Gasteiger partial charge in [-0.05, 0) is 35.4 Å². The lowest BCUT2D eigenvalue weighted by molar-refractivity contribution is 0.469. The number of hydrogen-bond acceptors (Lipinski definition) is 1. The van der Waals surface area contributed by atoms with Gasteiger partial charge in [0, 0.05) is 10.5 Å². The molecule has 2 aromatic carbocycles. The van der Waals surface area contributed by atoms with E-state index < -0.39 is 5.82 Å². The van der Waals surface area contributed by atoms with Crippen molar-refractivity contribution in [2.24, 2.45) is 0 Å². The van der Waals surface area contributed by atoms with Gasteiger partial charge in [0.2, 0.25) is 0 Å². The van der Waals surface area contributed by atoms with Gasteiger partial charge < -0.3 is 5.11 Å². The largest absolute Gasteiger partial charge is 0.508 e. The van der Waals surface area contributed by atoms with E-state index >= 15 is 0 Å². The summed E-state index contributed by atoms with van der Waals surface area (Å²) < 4.78 is 14.0. The van der Waals surface area contributed by atoms with Crippen LogP contribution in [0.1, 0.15) is 0 Å². The van der Waals surface area contributed by atoms with Crippen molar-refractivity contribution >= 4 is 15.9 Å². The summed E-state index contributed by atoms with van der Waals surface area (Å²) in [6, 6.07) is 11.5. The summed E-state index contributed by atoms with van der Waals surface area (Å²) in [6.45, 7) is 0. The van der Waals surface area contributed by atoms with Crippen LogP contribution in [0.2, 0.25) is 0 Å². The predicted octanol–water partition coefficient (Wildman–Crippen LogP) is 3.96. The molecule has 0 unspecified atom stereocenters. The minimum atomic E-state index is -0.440. The summed E-state index contributed by atoms with van der Waals surface area (Å²) in [7, 11) is 0. The molecule has 1 N–H and O–H groups in total. The number of phenolic OH excluding ortho intramolecular Hbond substituents is 1. The molecule has 76 valence electrons. The van der Waals surface area contributed by atoms with E-state index in [-0.39, 0.29) is 5.75 Å². The van der Waals surface area contributed by atoms with Crippen LogP contribution in [0, 0.1) is 5.82 Å². The van der Waals surface area contributed by atoms with Crippen molar-refractivity contribution in [1.82, 2.24) is 0 Å². The molecule has 1 nitrogen and oxygen atoms in total. The quantitative estimate of drug-likeness (QED) is 0.829. The highest BCUT2D eigenvalue weighted by Crippen LogP contribution is 2.26. The van der Waals surface area contributed by atoms with Crippen LogP contribution < -0.4 is 0 Å². The summed E-state index contributed by atoms with van der Waals surface area (Å²) >= 11 is 3.34. The molecule has 0 amide bonds. The molecule has 0 aromatic heterocycles. The molecule has 0 heterocycles. The van der Waals surface area contributed by atoms with Crippen molar-refractivity contribution in [3.8, 4) is 16.9 Å². The number of rotatable bonds is 1. The summed E-state index contributed by atoms with van der Waals surface area (Å²) in [4.78, 5) is 0. The fraction of sp³-hybridized carbons (Fsp3) is 0. The van der Waals surface area contributed by atoms with Crippen molar-refractivity contribution in [3.05, 3.63) is 52.8 Å². The molecule has 0 spiro atoms. The molecular formula is C12H8BrFO. The van der Waals surface area contributed by atoms with E-state index in [1.807, 2.05) is 24.3 Å². The van der Waals surface area contributed by atoms with E-state index in [1.165, 1.54) is 12.1 Å². The maximum Gasteiger partial charge on any atom is 0.127 e. The zero-order valence-electron chi connectivity index (χ0n) is 7.74. The highest BCUT2D eigenvalue weighted by Gasteiger charge is 2.02. The van der Waals surface area contributed by atoms with E-state index in [9.17, 15) is 9.50 Å². The summed E-state index contributed by atoms with van der Waals surface area (Å²) in [6.07, 6.45) is 0. The number of aromatic hydroxyl groups is 1. The van der Waals surface area contributed by atoms with Crippen LogP contribution in [0.15, 0.2) is 46.9 Å². The Labute approximate surface area is 95.3 Å². The van der Waals surface area contributed by atoms with Crippen molar-refractivity contribution in [1.29, 1.82) is 0 Å². The molecule has 0 atom stereocenters. The smallest absolute Gasteiger partial charge is 0.127 e. The zero-order chi connectivity index (χ0) is 10.8. The average molecular weight is 267 g/mol. The Morgan fingerprint density at radius 1 is 1.00 bits per heavy atom. The van der Waals surface area contributed by atoms with E-state index in [2.05, 4.69) is 15.9 Å². The lowest BCUT2D eigenvalue weighted by atomic mass is 10.1. The van der Waals surface area contributed by atoms with Gasteiger partial charge in [0.1, 0.15) is 11.6 Å². The van der Waals surface area contributed by atoms with Gasteiger partial charge in [-0.1, -0.05) is 28.1 Å². The van der Waals surface area contributed by atoms with Crippen LogP contribution >= 0.6 is 15.9 Å². The molecule has 0 radical (unpaired) electrons. The van der Waals surface area contributed by atoms with Gasteiger partial charge in [-0.2, -0.15) is 0 Å². The molecule has 0 saturated carbocycles. The minimum absolute atomic E-state index is 0.0648. The molecular weight excluding hydrogens is 259 g/mol. The lowest BCUT2D eigenvalue weighted by Crippen LogP contribution is -1.80. The second-order valence-electron chi connectivity index (χ2n) is 3.21. The van der Waals surface area contributed by atoms with Crippen LogP contribution in [0.5, 0.6) is 5.75 Å². The number of benzene rings is 2. The van der Waals surface area contributed by atoms with E-state index in [4.69, 9.17) is 0 Å². The third-order valence-corrected chi connectivity index (χ3v) is 2.53. The van der Waals surface area contributed by atoms with Gasteiger partial charge in [-0.25, -0.2) is 4.39 Å². The fourth-order valence-electron chi connectivity index (χ4n) is 1.41. The van der Waals surface area contributed by atoms with Gasteiger partial charge in [0.15, 0.2) is 0 Å². The fourth-order valence-corrected chi connectivity index (χ4v) is 1.81. The van der Waals surface area contributed by atoms with Gasteiger partial charge in [-0.15, -0.1) is 0 Å². The van der Waals surface area contributed by atoms with Crippen molar-refractivity contribution in [2.45, 2.75) is 0 Å². The van der Waals surface area contributed by atoms with Gasteiger partial charge in [0.05, 0.1) is 0 Å². The first-order valence-corrected chi connectivity index (χ1v) is 5.20. The third kappa shape index (κ3) is 2.36. The second kappa shape index (κ2) is 4.03.